The summed E-state index contributed by atoms with van der Waals surface area (Å²) >= 11 is 13.0. The smallest absolute Gasteiger partial charge is 0.303 e. The van der Waals surface area contributed by atoms with Gasteiger partial charge in [0.1, 0.15) is 17.7 Å². The van der Waals surface area contributed by atoms with Gasteiger partial charge in [0.2, 0.25) is 0 Å². The second-order valence-corrected chi connectivity index (χ2v) is 11.8. The fourth-order valence-electron chi connectivity index (χ4n) is 5.27. The molecule has 0 spiro atoms. The van der Waals surface area contributed by atoms with Gasteiger partial charge in [0.15, 0.2) is 0 Å². The van der Waals surface area contributed by atoms with Crippen molar-refractivity contribution in [1.82, 2.24) is 9.03 Å². The van der Waals surface area contributed by atoms with Crippen molar-refractivity contribution in [3.05, 3.63) is 28.5 Å². The Hall–Kier alpha value is -1.09. The van der Waals surface area contributed by atoms with Crippen molar-refractivity contribution in [2.24, 2.45) is 17.8 Å². The molecular weight excluding hydrogens is 442 g/mol. The Morgan fingerprint density at radius 1 is 1.24 bits per heavy atom. The predicted octanol–water partition coefficient (Wildman–Crippen LogP) is 3.58. The maximum absolute atomic E-state index is 14.6. The van der Waals surface area contributed by atoms with Crippen LogP contribution >= 0.6 is 23.2 Å². The average Bonchev–Trinajstić information content (AvgIpc) is 2.58. The Balaban J connectivity index is 1.53. The van der Waals surface area contributed by atoms with Crippen molar-refractivity contribution in [3.8, 4) is 5.75 Å². The number of halogens is 3. The molecular formula is C19H23Cl2FN2O4S. The van der Waals surface area contributed by atoms with E-state index in [1.165, 1.54) is 14.1 Å². The molecule has 5 atom stereocenters. The molecule has 4 fully saturated rings. The second kappa shape index (κ2) is 7.25. The van der Waals surface area contributed by atoms with Crippen LogP contribution in [0.1, 0.15) is 42.5 Å². The van der Waals surface area contributed by atoms with E-state index >= 15 is 0 Å². The molecule has 4 bridgehead atoms. The molecule has 0 saturated heterocycles. The minimum absolute atomic E-state index is 0.0631. The Morgan fingerprint density at radius 3 is 2.41 bits per heavy atom. The first-order chi connectivity index (χ1) is 13.5. The van der Waals surface area contributed by atoms with Crippen LogP contribution in [0.4, 0.5) is 4.39 Å². The van der Waals surface area contributed by atoms with Gasteiger partial charge in [-0.3, -0.25) is 4.79 Å². The Morgan fingerprint density at radius 2 is 1.86 bits per heavy atom. The minimum atomic E-state index is -4.05. The summed E-state index contributed by atoms with van der Waals surface area (Å²) in [4.78, 5) is 12.1. The lowest BCUT2D eigenvalue weighted by molar-refractivity contribution is -0.0697. The third-order valence-corrected chi connectivity index (χ3v) is 8.51. The fraction of sp³-hybridized carbons (Fsp3) is 0.632. The van der Waals surface area contributed by atoms with Gasteiger partial charge in [-0.25, -0.2) is 9.11 Å². The fourth-order valence-corrected chi connectivity index (χ4v) is 6.62. The van der Waals surface area contributed by atoms with Crippen LogP contribution in [0.15, 0.2) is 12.1 Å². The van der Waals surface area contributed by atoms with Crippen molar-refractivity contribution < 1.29 is 22.3 Å². The molecule has 29 heavy (non-hydrogen) atoms. The zero-order valence-electron chi connectivity index (χ0n) is 16.1. The first-order valence-corrected chi connectivity index (χ1v) is 11.8. The standard InChI is InChI=1S/C19H23Cl2FN2O4S/c1-24(2)29(26,27)23-18(25)13-5-14(20)16(6-15(13)22)28-17-11-3-10-4-12(17)9-19(21,7-10)8-11/h5-6,10-12,17H,3-4,7-9H2,1-2H3,(H,23,25)/t10?,11-,12?,17+,19?/m1/s1. The summed E-state index contributed by atoms with van der Waals surface area (Å²) < 4.78 is 47.0. The third kappa shape index (κ3) is 3.96. The van der Waals surface area contributed by atoms with Crippen molar-refractivity contribution in [2.45, 2.75) is 43.1 Å². The molecule has 1 aromatic carbocycles. The van der Waals surface area contributed by atoms with Crippen LogP contribution in [0.2, 0.25) is 5.02 Å². The third-order valence-electron chi connectivity index (χ3n) is 6.34. The number of alkyl halides is 1. The topological polar surface area (TPSA) is 75.7 Å². The molecule has 0 aliphatic heterocycles. The summed E-state index contributed by atoms with van der Waals surface area (Å²) in [5.41, 5.74) is -0.461. The van der Waals surface area contributed by atoms with Gasteiger partial charge in [0, 0.05) is 25.0 Å². The molecule has 1 amide bonds. The van der Waals surface area contributed by atoms with E-state index < -0.39 is 27.5 Å². The summed E-state index contributed by atoms with van der Waals surface area (Å²) in [6.45, 7) is 0. The van der Waals surface area contributed by atoms with Crippen LogP contribution in [0.25, 0.3) is 0 Å². The molecule has 5 rings (SSSR count). The Kier molecular flexibility index (Phi) is 5.29. The van der Waals surface area contributed by atoms with Crippen molar-refractivity contribution in [3.63, 3.8) is 0 Å². The van der Waals surface area contributed by atoms with E-state index in [0.717, 1.165) is 48.5 Å². The van der Waals surface area contributed by atoms with Gasteiger partial charge in [-0.2, -0.15) is 12.7 Å². The zero-order chi connectivity index (χ0) is 21.1. The van der Waals surface area contributed by atoms with Crippen LogP contribution in [0.3, 0.4) is 0 Å². The summed E-state index contributed by atoms with van der Waals surface area (Å²) in [5.74, 6) is -0.576. The molecule has 1 aromatic rings. The molecule has 10 heteroatoms. The maximum Gasteiger partial charge on any atom is 0.303 e. The Labute approximate surface area is 179 Å². The lowest BCUT2D eigenvalue weighted by Crippen LogP contribution is -2.56. The lowest BCUT2D eigenvalue weighted by atomic mass is 9.54. The number of hydrogen-bond acceptors (Lipinski definition) is 4. The number of carbonyl (C=O) groups excluding carboxylic acids is 1. The molecule has 1 N–H and O–H groups in total. The first-order valence-electron chi connectivity index (χ1n) is 9.57. The van der Waals surface area contributed by atoms with Crippen LogP contribution < -0.4 is 9.46 Å². The van der Waals surface area contributed by atoms with Crippen LogP contribution in [-0.4, -0.2) is 43.7 Å². The summed E-state index contributed by atoms with van der Waals surface area (Å²) in [6, 6.07) is 2.16. The highest BCUT2D eigenvalue weighted by Crippen LogP contribution is 2.59. The van der Waals surface area contributed by atoms with E-state index in [1.807, 2.05) is 0 Å². The van der Waals surface area contributed by atoms with Crippen molar-refractivity contribution >= 4 is 39.3 Å². The second-order valence-electron chi connectivity index (χ2n) is 8.68. The van der Waals surface area contributed by atoms with E-state index in [0.29, 0.717) is 17.8 Å². The van der Waals surface area contributed by atoms with Crippen molar-refractivity contribution in [2.75, 3.05) is 14.1 Å². The molecule has 0 aromatic heterocycles. The normalized spacial score (nSPS) is 33.2. The largest absolute Gasteiger partial charge is 0.488 e. The number of hydrogen-bond donors (Lipinski definition) is 1. The lowest BCUT2D eigenvalue weighted by Gasteiger charge is -2.57. The highest BCUT2D eigenvalue weighted by molar-refractivity contribution is 7.87. The van der Waals surface area contributed by atoms with Gasteiger partial charge in [0.25, 0.3) is 5.91 Å². The summed E-state index contributed by atoms with van der Waals surface area (Å²) in [5, 5.41) is 0.0631. The molecule has 0 heterocycles. The summed E-state index contributed by atoms with van der Waals surface area (Å²) in [7, 11) is -1.53. The van der Waals surface area contributed by atoms with E-state index in [1.54, 1.807) is 4.72 Å². The number of rotatable bonds is 5. The van der Waals surface area contributed by atoms with E-state index in [9.17, 15) is 17.6 Å². The number of ether oxygens (including phenoxy) is 1. The van der Waals surface area contributed by atoms with Gasteiger partial charge in [-0.1, -0.05) is 11.6 Å². The molecule has 3 unspecified atom stereocenters. The number of benzene rings is 1. The van der Waals surface area contributed by atoms with Crippen LogP contribution in [-0.2, 0) is 10.2 Å². The molecule has 4 aliphatic rings. The van der Waals surface area contributed by atoms with Gasteiger partial charge >= 0.3 is 10.2 Å². The molecule has 6 nitrogen and oxygen atoms in total. The van der Waals surface area contributed by atoms with E-state index in [-0.39, 0.29) is 21.8 Å². The molecule has 4 saturated carbocycles. The molecule has 4 aliphatic carbocycles. The molecule has 160 valence electrons. The van der Waals surface area contributed by atoms with Gasteiger partial charge in [-0.15, -0.1) is 11.6 Å². The Bertz CT molecular complexity index is 940. The highest BCUT2D eigenvalue weighted by Gasteiger charge is 2.55. The van der Waals surface area contributed by atoms with Gasteiger partial charge < -0.3 is 4.74 Å². The van der Waals surface area contributed by atoms with Crippen LogP contribution in [0.5, 0.6) is 5.75 Å². The van der Waals surface area contributed by atoms with E-state index in [2.05, 4.69) is 0 Å². The number of nitrogens with zero attached hydrogens (tertiary/aromatic N) is 1. The SMILES string of the molecule is CN(C)S(=O)(=O)NC(=O)c1cc(Cl)c(O[C@@H]2C3CC4C[C@@H]2CC(Cl)(C4)C3)cc1F. The quantitative estimate of drug-likeness (QED) is 0.675. The minimum Gasteiger partial charge on any atom is -0.488 e. The van der Waals surface area contributed by atoms with Crippen molar-refractivity contribution in [1.29, 1.82) is 0 Å². The first kappa shape index (κ1) is 21.2. The number of amides is 1. The summed E-state index contributed by atoms with van der Waals surface area (Å²) in [6.07, 6.45) is 4.86. The number of nitrogens with one attached hydrogen (secondary N) is 1. The monoisotopic (exact) mass is 464 g/mol. The maximum atomic E-state index is 14.6. The van der Waals surface area contributed by atoms with Gasteiger partial charge in [-0.05, 0) is 55.9 Å². The van der Waals surface area contributed by atoms with Crippen LogP contribution in [0, 0.1) is 23.6 Å². The zero-order valence-corrected chi connectivity index (χ0v) is 18.5. The predicted molar refractivity (Wildman–Crippen MR) is 108 cm³/mol. The van der Waals surface area contributed by atoms with E-state index in [4.69, 9.17) is 27.9 Å². The van der Waals surface area contributed by atoms with Gasteiger partial charge in [0.05, 0.1) is 10.6 Å². The average molecular weight is 465 g/mol. The highest BCUT2D eigenvalue weighted by atomic mass is 35.5. The number of carbonyl (C=O) groups is 1. The molecule has 0 radical (unpaired) electrons.